The first kappa shape index (κ1) is 22.9. The first-order valence-electron chi connectivity index (χ1n) is 10.5. The lowest BCUT2D eigenvalue weighted by molar-refractivity contribution is -0.154. The summed E-state index contributed by atoms with van der Waals surface area (Å²) in [4.78, 5) is 22.1. The lowest BCUT2D eigenvalue weighted by Crippen LogP contribution is -2.43. The zero-order valence-corrected chi connectivity index (χ0v) is 16.4. The largest absolute Gasteiger partial charge is 0.481 e. The van der Waals surface area contributed by atoms with Crippen molar-refractivity contribution in [3.63, 3.8) is 0 Å². The van der Waals surface area contributed by atoms with E-state index in [0.29, 0.717) is 5.92 Å². The Balaban J connectivity index is 2.25. The van der Waals surface area contributed by atoms with Gasteiger partial charge in [-0.2, -0.15) is 0 Å². The number of carboxylic acids is 2. The highest BCUT2D eigenvalue weighted by Crippen LogP contribution is 2.40. The van der Waals surface area contributed by atoms with E-state index in [4.69, 9.17) is 10.2 Å². The Labute approximate surface area is 158 Å². The third-order valence-electron chi connectivity index (χ3n) is 5.99. The molecule has 0 aromatic carbocycles. The lowest BCUT2D eigenvalue weighted by atomic mass is 9.70. The van der Waals surface area contributed by atoms with Crippen LogP contribution in [-0.4, -0.2) is 32.9 Å². The van der Waals surface area contributed by atoms with Gasteiger partial charge in [-0.25, -0.2) is 0 Å². The summed E-state index contributed by atoms with van der Waals surface area (Å²) in [6.45, 7) is 2.24. The second-order valence-electron chi connectivity index (χ2n) is 8.23. The van der Waals surface area contributed by atoms with E-state index in [1.807, 2.05) is 0 Å². The highest BCUT2D eigenvalue weighted by molar-refractivity contribution is 5.72. The van der Waals surface area contributed by atoms with E-state index in [1.165, 1.54) is 57.8 Å². The standard InChI is InChI=1S/C21H38O5/c1-2-3-4-5-6-7-8-9-10-17-11-13-18(14-12-17)21(26,15-19(22)23)16-20(24)25/h17-18,26H,2-16H2,1H3,(H,22,23)(H,24,25). The Morgan fingerprint density at radius 2 is 1.27 bits per heavy atom. The van der Waals surface area contributed by atoms with Crippen LogP contribution in [0.15, 0.2) is 0 Å². The van der Waals surface area contributed by atoms with Gasteiger partial charge in [-0.15, -0.1) is 0 Å². The summed E-state index contributed by atoms with van der Waals surface area (Å²) in [6.07, 6.45) is 14.2. The molecule has 1 saturated carbocycles. The monoisotopic (exact) mass is 370 g/mol. The van der Waals surface area contributed by atoms with Crippen LogP contribution in [0.25, 0.3) is 0 Å². The smallest absolute Gasteiger partial charge is 0.306 e. The van der Waals surface area contributed by atoms with Crippen molar-refractivity contribution in [1.82, 2.24) is 0 Å². The quantitative estimate of drug-likeness (QED) is 0.374. The molecule has 0 atom stereocenters. The van der Waals surface area contributed by atoms with E-state index >= 15 is 0 Å². The maximum atomic E-state index is 11.0. The van der Waals surface area contributed by atoms with Gasteiger partial charge in [-0.05, 0) is 24.7 Å². The molecule has 1 fully saturated rings. The third-order valence-corrected chi connectivity index (χ3v) is 5.99. The van der Waals surface area contributed by atoms with Crippen LogP contribution in [0.1, 0.15) is 103 Å². The predicted molar refractivity (Wildman–Crippen MR) is 102 cm³/mol. The highest BCUT2D eigenvalue weighted by Gasteiger charge is 2.42. The van der Waals surface area contributed by atoms with Crippen LogP contribution in [0.2, 0.25) is 0 Å². The van der Waals surface area contributed by atoms with Crippen molar-refractivity contribution < 1.29 is 24.9 Å². The average Bonchev–Trinajstić information content (AvgIpc) is 2.56. The summed E-state index contributed by atoms with van der Waals surface area (Å²) in [7, 11) is 0. The van der Waals surface area contributed by atoms with Gasteiger partial charge in [0, 0.05) is 0 Å². The molecule has 0 saturated heterocycles. The lowest BCUT2D eigenvalue weighted by Gasteiger charge is -2.39. The van der Waals surface area contributed by atoms with E-state index in [1.54, 1.807) is 0 Å². The maximum absolute atomic E-state index is 11.0. The zero-order valence-electron chi connectivity index (χ0n) is 16.4. The van der Waals surface area contributed by atoms with Crippen molar-refractivity contribution >= 4 is 11.9 Å². The Morgan fingerprint density at radius 3 is 1.73 bits per heavy atom. The molecule has 0 bridgehead atoms. The van der Waals surface area contributed by atoms with Gasteiger partial charge < -0.3 is 15.3 Å². The third kappa shape index (κ3) is 9.02. The van der Waals surface area contributed by atoms with E-state index in [-0.39, 0.29) is 5.92 Å². The van der Waals surface area contributed by atoms with E-state index < -0.39 is 30.4 Å². The van der Waals surface area contributed by atoms with Gasteiger partial charge in [-0.3, -0.25) is 9.59 Å². The van der Waals surface area contributed by atoms with Crippen molar-refractivity contribution in [3.8, 4) is 0 Å². The van der Waals surface area contributed by atoms with Crippen LogP contribution < -0.4 is 0 Å². The molecular weight excluding hydrogens is 332 g/mol. The number of unbranched alkanes of at least 4 members (excludes halogenated alkanes) is 7. The van der Waals surface area contributed by atoms with Gasteiger partial charge in [0.05, 0.1) is 18.4 Å². The molecule has 0 aromatic rings. The van der Waals surface area contributed by atoms with Gasteiger partial charge in [0.25, 0.3) is 0 Å². The molecule has 0 aliphatic heterocycles. The Hall–Kier alpha value is -1.10. The number of carbonyl (C=O) groups is 2. The Bertz CT molecular complexity index is 397. The highest BCUT2D eigenvalue weighted by atomic mass is 16.4. The van der Waals surface area contributed by atoms with Crippen LogP contribution in [0, 0.1) is 11.8 Å². The van der Waals surface area contributed by atoms with Crippen LogP contribution in [0.3, 0.4) is 0 Å². The van der Waals surface area contributed by atoms with E-state index in [2.05, 4.69) is 6.92 Å². The molecular formula is C21H38O5. The number of hydrogen-bond acceptors (Lipinski definition) is 3. The molecule has 0 heterocycles. The SMILES string of the molecule is CCCCCCCCCCC1CCC(C(O)(CC(=O)O)CC(=O)O)CC1. The van der Waals surface area contributed by atoms with E-state index in [9.17, 15) is 14.7 Å². The fraction of sp³-hybridized carbons (Fsp3) is 0.905. The molecule has 5 heteroatoms. The minimum atomic E-state index is -1.61. The van der Waals surface area contributed by atoms with Crippen molar-refractivity contribution in [2.24, 2.45) is 11.8 Å². The molecule has 152 valence electrons. The van der Waals surface area contributed by atoms with Gasteiger partial charge in [0.2, 0.25) is 0 Å². The number of aliphatic carboxylic acids is 2. The predicted octanol–water partition coefficient (Wildman–Crippen LogP) is 5.00. The first-order chi connectivity index (χ1) is 12.4. The summed E-state index contributed by atoms with van der Waals surface area (Å²) >= 11 is 0. The summed E-state index contributed by atoms with van der Waals surface area (Å²) in [6, 6.07) is 0. The molecule has 5 nitrogen and oxygen atoms in total. The molecule has 0 aromatic heterocycles. The van der Waals surface area contributed by atoms with Crippen molar-refractivity contribution in [1.29, 1.82) is 0 Å². The molecule has 3 N–H and O–H groups in total. The van der Waals surface area contributed by atoms with Crippen LogP contribution in [-0.2, 0) is 9.59 Å². The summed E-state index contributed by atoms with van der Waals surface area (Å²) in [5, 5.41) is 28.7. The van der Waals surface area contributed by atoms with E-state index in [0.717, 1.165) is 25.7 Å². The summed E-state index contributed by atoms with van der Waals surface area (Å²) < 4.78 is 0. The first-order valence-corrected chi connectivity index (χ1v) is 10.5. The Kier molecular flexibility index (Phi) is 10.9. The molecule has 1 aliphatic carbocycles. The van der Waals surface area contributed by atoms with Gasteiger partial charge >= 0.3 is 11.9 Å². The molecule has 26 heavy (non-hydrogen) atoms. The molecule has 0 amide bonds. The minimum absolute atomic E-state index is 0.218. The second kappa shape index (κ2) is 12.3. The zero-order chi connectivity index (χ0) is 19.4. The second-order valence-corrected chi connectivity index (χ2v) is 8.23. The summed E-state index contributed by atoms with van der Waals surface area (Å²) in [5.41, 5.74) is -1.61. The fourth-order valence-electron chi connectivity index (χ4n) is 4.43. The molecule has 1 aliphatic rings. The maximum Gasteiger partial charge on any atom is 0.306 e. The number of aliphatic hydroxyl groups is 1. The minimum Gasteiger partial charge on any atom is -0.481 e. The number of hydrogen-bond donors (Lipinski definition) is 3. The van der Waals surface area contributed by atoms with Crippen molar-refractivity contribution in [3.05, 3.63) is 0 Å². The number of rotatable bonds is 14. The number of carboxylic acid groups (broad SMARTS) is 2. The van der Waals surface area contributed by atoms with Gasteiger partial charge in [-0.1, -0.05) is 77.6 Å². The molecule has 0 radical (unpaired) electrons. The van der Waals surface area contributed by atoms with Crippen molar-refractivity contribution in [2.75, 3.05) is 0 Å². The van der Waals surface area contributed by atoms with Crippen molar-refractivity contribution in [2.45, 2.75) is 109 Å². The van der Waals surface area contributed by atoms with Crippen LogP contribution >= 0.6 is 0 Å². The summed E-state index contributed by atoms with van der Waals surface area (Å²) in [5.74, 6) is -1.83. The topological polar surface area (TPSA) is 94.8 Å². The van der Waals surface area contributed by atoms with Gasteiger partial charge in [0.1, 0.15) is 0 Å². The molecule has 1 rings (SSSR count). The van der Waals surface area contributed by atoms with Crippen LogP contribution in [0.4, 0.5) is 0 Å². The normalized spacial score (nSPS) is 20.8. The molecule has 0 spiro atoms. The van der Waals surface area contributed by atoms with Gasteiger partial charge in [0.15, 0.2) is 0 Å². The fourth-order valence-corrected chi connectivity index (χ4v) is 4.43. The van der Waals surface area contributed by atoms with Crippen LogP contribution in [0.5, 0.6) is 0 Å². The molecule has 0 unspecified atom stereocenters. The Morgan fingerprint density at radius 1 is 0.808 bits per heavy atom. The average molecular weight is 371 g/mol.